The van der Waals surface area contributed by atoms with E-state index in [0.717, 1.165) is 17.7 Å². The number of rotatable bonds is 5. The van der Waals surface area contributed by atoms with Gasteiger partial charge in [-0.25, -0.2) is 17.8 Å². The van der Waals surface area contributed by atoms with E-state index in [1.54, 1.807) is 6.07 Å². The Morgan fingerprint density at radius 2 is 1.94 bits per heavy atom. The molecule has 1 aliphatic rings. The van der Waals surface area contributed by atoms with Crippen molar-refractivity contribution in [2.75, 3.05) is 11.9 Å². The summed E-state index contributed by atoms with van der Waals surface area (Å²) in [5, 5.41) is 1.89. The summed E-state index contributed by atoms with van der Waals surface area (Å²) in [6, 6.07) is 4.30. The fourth-order valence-electron chi connectivity index (χ4n) is 3.59. The van der Waals surface area contributed by atoms with Gasteiger partial charge in [0.15, 0.2) is 0 Å². The van der Waals surface area contributed by atoms with Gasteiger partial charge >= 0.3 is 6.18 Å². The number of nitrogens with zero attached hydrogens (tertiary/aromatic N) is 3. The van der Waals surface area contributed by atoms with Gasteiger partial charge in [0.05, 0.1) is 34.9 Å². The van der Waals surface area contributed by atoms with E-state index in [1.807, 2.05) is 0 Å². The van der Waals surface area contributed by atoms with Crippen LogP contribution in [0.3, 0.4) is 0 Å². The zero-order valence-corrected chi connectivity index (χ0v) is 19.5. The van der Waals surface area contributed by atoms with E-state index < -0.39 is 38.6 Å². The first-order valence-electron chi connectivity index (χ1n) is 10.6. The first-order valence-corrected chi connectivity index (χ1v) is 12.1. The maximum Gasteiger partial charge on any atom is 0.419 e. The van der Waals surface area contributed by atoms with Crippen LogP contribution in [0, 0.1) is 5.82 Å². The number of pyridine rings is 1. The van der Waals surface area contributed by atoms with Gasteiger partial charge in [-0.05, 0) is 50.1 Å². The van der Waals surface area contributed by atoms with Gasteiger partial charge in [0.2, 0.25) is 15.0 Å². The molecule has 2 N–H and O–H groups in total. The minimum atomic E-state index is -4.78. The molecule has 2 aromatic heterocycles. The van der Waals surface area contributed by atoms with Crippen molar-refractivity contribution in [3.63, 3.8) is 0 Å². The van der Waals surface area contributed by atoms with E-state index in [9.17, 15) is 30.8 Å². The van der Waals surface area contributed by atoms with E-state index in [4.69, 9.17) is 0 Å². The highest BCUT2D eigenvalue weighted by Crippen LogP contribution is 2.33. The van der Waals surface area contributed by atoms with E-state index in [-0.39, 0.29) is 23.1 Å². The predicted molar refractivity (Wildman–Crippen MR) is 118 cm³/mol. The van der Waals surface area contributed by atoms with E-state index in [1.165, 1.54) is 31.1 Å². The molecule has 3 heterocycles. The van der Waals surface area contributed by atoms with Crippen molar-refractivity contribution in [2.24, 2.45) is 0 Å². The largest absolute Gasteiger partial charge is 0.419 e. The van der Waals surface area contributed by atoms with Gasteiger partial charge in [-0.1, -0.05) is 0 Å². The first-order chi connectivity index (χ1) is 16.4. The summed E-state index contributed by atoms with van der Waals surface area (Å²) in [6.07, 6.45) is -1.65. The Kier molecular flexibility index (Phi) is 6.30. The Hall–Kier alpha value is -3.48. The number of anilines is 2. The fourth-order valence-corrected chi connectivity index (χ4v) is 4.48. The second kappa shape index (κ2) is 8.95. The molecule has 0 bridgehead atoms. The average molecular weight is 512 g/mol. The highest BCUT2D eigenvalue weighted by atomic mass is 32.2. The molecule has 0 aliphatic carbocycles. The van der Waals surface area contributed by atoms with Crippen molar-refractivity contribution in [3.05, 3.63) is 65.0 Å². The Balaban J connectivity index is 1.47. The molecule has 0 atom stereocenters. The molecule has 0 fully saturated rings. The fraction of sp³-hybridized carbons (Fsp3) is 0.318. The Morgan fingerprint density at radius 1 is 1.20 bits per heavy atom. The van der Waals surface area contributed by atoms with Gasteiger partial charge < -0.3 is 15.2 Å². The number of halogens is 4. The molecular formula is C22H21F4N5O3S. The second-order valence-corrected chi connectivity index (χ2v) is 10.7. The minimum absolute atomic E-state index is 0.0182. The first kappa shape index (κ1) is 24.6. The lowest BCUT2D eigenvalue weighted by molar-refractivity contribution is -0.139. The van der Waals surface area contributed by atoms with Crippen LogP contribution in [0.1, 0.15) is 41.2 Å². The topological polar surface area (TPSA) is 108 Å². The van der Waals surface area contributed by atoms with Gasteiger partial charge in [-0.15, -0.1) is 0 Å². The number of fused-ring (bicyclic) bond motifs is 1. The van der Waals surface area contributed by atoms with Gasteiger partial charge in [-0.3, -0.25) is 9.78 Å². The molecule has 3 aromatic rings. The highest BCUT2D eigenvalue weighted by Gasteiger charge is 2.34. The summed E-state index contributed by atoms with van der Waals surface area (Å²) in [7, 11) is -3.65. The zero-order valence-electron chi connectivity index (χ0n) is 18.6. The number of H-pyrrole nitrogens is 1. The van der Waals surface area contributed by atoms with Crippen LogP contribution in [0.4, 0.5) is 28.9 Å². The zero-order chi connectivity index (χ0) is 25.5. The van der Waals surface area contributed by atoms with Gasteiger partial charge in [0.25, 0.3) is 5.91 Å². The molecule has 0 saturated heterocycles. The number of alkyl halides is 3. The molecular weight excluding hydrogens is 490 g/mol. The molecule has 0 radical (unpaired) electrons. The number of carbonyl (C=O) groups is 1. The molecule has 1 amide bonds. The molecule has 0 spiro atoms. The maximum absolute atomic E-state index is 13.8. The van der Waals surface area contributed by atoms with Crippen molar-refractivity contribution >= 4 is 27.1 Å². The van der Waals surface area contributed by atoms with Crippen LogP contribution in [-0.4, -0.2) is 46.0 Å². The van der Waals surface area contributed by atoms with Crippen LogP contribution in [0.2, 0.25) is 0 Å². The third kappa shape index (κ3) is 4.99. The molecule has 1 aromatic carbocycles. The average Bonchev–Trinajstić information content (AvgIpc) is 3.28. The highest BCUT2D eigenvalue weighted by molar-refractivity contribution is 7.91. The van der Waals surface area contributed by atoms with Gasteiger partial charge in [0.1, 0.15) is 11.5 Å². The van der Waals surface area contributed by atoms with Crippen LogP contribution < -0.4 is 5.32 Å². The van der Waals surface area contributed by atoms with Crippen LogP contribution >= 0.6 is 0 Å². The van der Waals surface area contributed by atoms with E-state index >= 15 is 0 Å². The van der Waals surface area contributed by atoms with Crippen molar-refractivity contribution in [2.45, 2.75) is 43.4 Å². The number of aromatic nitrogens is 3. The standard InChI is InChI=1S/C22H21F4N5O3S/c1-12(2)35(33,34)21-28-10-18(30-21)20(32)31-6-5-13-7-15(9-27-19(13)11-31)29-14-3-4-16(17(23)8-14)22(24,25)26/h3-4,7-10,12,29H,5-6,11H2,1-2H3,(H,28,30). The number of imidazole rings is 1. The quantitative estimate of drug-likeness (QED) is 0.500. The lowest BCUT2D eigenvalue weighted by Crippen LogP contribution is -2.36. The van der Waals surface area contributed by atoms with Crippen LogP contribution in [-0.2, 0) is 29.0 Å². The van der Waals surface area contributed by atoms with Crippen molar-refractivity contribution in [1.82, 2.24) is 19.9 Å². The van der Waals surface area contributed by atoms with Crippen LogP contribution in [0.15, 0.2) is 41.8 Å². The number of carbonyl (C=O) groups excluding carboxylic acids is 1. The molecule has 1 aliphatic heterocycles. The summed E-state index contributed by atoms with van der Waals surface area (Å²) in [5.41, 5.74) is 0.655. The molecule has 13 heteroatoms. The normalized spacial score (nSPS) is 14.2. The summed E-state index contributed by atoms with van der Waals surface area (Å²) in [4.78, 5) is 25.2. The number of amides is 1. The van der Waals surface area contributed by atoms with Crippen LogP contribution in [0.5, 0.6) is 0 Å². The number of nitrogens with one attached hydrogen (secondary N) is 2. The number of aromatic amines is 1. The van der Waals surface area contributed by atoms with Crippen molar-refractivity contribution in [1.29, 1.82) is 0 Å². The maximum atomic E-state index is 13.8. The Morgan fingerprint density at radius 3 is 2.60 bits per heavy atom. The minimum Gasteiger partial charge on any atom is -0.354 e. The monoisotopic (exact) mass is 511 g/mol. The molecule has 186 valence electrons. The lowest BCUT2D eigenvalue weighted by atomic mass is 10.0. The lowest BCUT2D eigenvalue weighted by Gasteiger charge is -2.28. The summed E-state index contributed by atoms with van der Waals surface area (Å²) in [5.74, 6) is -1.83. The SMILES string of the molecule is CC(C)S(=O)(=O)c1nc(C(=O)N2CCc3cc(Nc4ccc(C(F)(F)F)c(F)c4)cnc3C2)c[nH]1. The molecule has 35 heavy (non-hydrogen) atoms. The molecule has 0 unspecified atom stereocenters. The summed E-state index contributed by atoms with van der Waals surface area (Å²) < 4.78 is 76.6. The van der Waals surface area contributed by atoms with E-state index in [0.29, 0.717) is 30.4 Å². The summed E-state index contributed by atoms with van der Waals surface area (Å²) in [6.45, 7) is 3.53. The molecule has 8 nitrogen and oxygen atoms in total. The Bertz CT molecular complexity index is 1390. The molecule has 4 rings (SSSR count). The molecule has 0 saturated carbocycles. The third-order valence-corrected chi connectivity index (χ3v) is 7.55. The number of hydrogen-bond donors (Lipinski definition) is 2. The van der Waals surface area contributed by atoms with Crippen molar-refractivity contribution in [3.8, 4) is 0 Å². The third-order valence-electron chi connectivity index (χ3n) is 5.57. The number of sulfone groups is 1. The smallest absolute Gasteiger partial charge is 0.354 e. The van der Waals surface area contributed by atoms with Gasteiger partial charge in [-0.2, -0.15) is 13.2 Å². The number of hydrogen-bond acceptors (Lipinski definition) is 6. The van der Waals surface area contributed by atoms with Crippen LogP contribution in [0.25, 0.3) is 0 Å². The Labute approximate surface area is 198 Å². The second-order valence-electron chi connectivity index (χ2n) is 8.31. The summed E-state index contributed by atoms with van der Waals surface area (Å²) >= 11 is 0. The predicted octanol–water partition coefficient (Wildman–Crippen LogP) is 4.09. The van der Waals surface area contributed by atoms with Gasteiger partial charge in [0, 0.05) is 18.4 Å². The number of benzene rings is 1. The van der Waals surface area contributed by atoms with E-state index in [2.05, 4.69) is 20.3 Å². The van der Waals surface area contributed by atoms with Crippen molar-refractivity contribution < 1.29 is 30.8 Å².